The fourth-order valence-corrected chi connectivity index (χ4v) is 2.10. The van der Waals surface area contributed by atoms with Crippen molar-refractivity contribution in [1.29, 1.82) is 0 Å². The standard InChI is InChI=1S/C16H18N2O/c1-2-15(13-8-4-3-5-9-13)16(19)18-12-14-10-6-7-11-17-14/h3-11,15H,2,12H2,1H3,(H,18,19)/p+1. The summed E-state index contributed by atoms with van der Waals surface area (Å²) in [6, 6.07) is 15.7. The van der Waals surface area contributed by atoms with Crippen molar-refractivity contribution in [2.24, 2.45) is 0 Å². The van der Waals surface area contributed by atoms with E-state index in [0.29, 0.717) is 6.54 Å². The molecule has 1 amide bonds. The molecule has 19 heavy (non-hydrogen) atoms. The lowest BCUT2D eigenvalue weighted by atomic mass is 9.96. The van der Waals surface area contributed by atoms with Gasteiger partial charge in [-0.15, -0.1) is 0 Å². The Labute approximate surface area is 113 Å². The van der Waals surface area contributed by atoms with Crippen molar-refractivity contribution in [3.63, 3.8) is 0 Å². The minimum absolute atomic E-state index is 0.0750. The number of aromatic nitrogens is 1. The lowest BCUT2D eigenvalue weighted by molar-refractivity contribution is -0.390. The summed E-state index contributed by atoms with van der Waals surface area (Å²) in [5.41, 5.74) is 2.07. The minimum atomic E-state index is -0.0788. The Morgan fingerprint density at radius 3 is 2.53 bits per heavy atom. The van der Waals surface area contributed by atoms with Crippen LogP contribution in [0.5, 0.6) is 0 Å². The molecule has 0 radical (unpaired) electrons. The first-order chi connectivity index (χ1) is 9.31. The van der Waals surface area contributed by atoms with Gasteiger partial charge in [0.15, 0.2) is 11.9 Å². The molecule has 1 aromatic carbocycles. The van der Waals surface area contributed by atoms with Gasteiger partial charge in [-0.05, 0) is 12.0 Å². The SMILES string of the molecule is CCC(C(=O)NCc1cccc[nH+]1)c1ccccc1. The quantitative estimate of drug-likeness (QED) is 0.875. The zero-order valence-corrected chi connectivity index (χ0v) is 11.1. The Hall–Kier alpha value is -2.16. The largest absolute Gasteiger partial charge is 0.345 e. The van der Waals surface area contributed by atoms with Crippen molar-refractivity contribution in [3.8, 4) is 0 Å². The number of rotatable bonds is 5. The molecule has 0 saturated carbocycles. The van der Waals surface area contributed by atoms with Gasteiger partial charge in [0.25, 0.3) is 0 Å². The van der Waals surface area contributed by atoms with Crippen LogP contribution in [0.15, 0.2) is 54.7 Å². The van der Waals surface area contributed by atoms with Gasteiger partial charge in [-0.25, -0.2) is 4.98 Å². The lowest BCUT2D eigenvalue weighted by Crippen LogP contribution is -2.30. The lowest BCUT2D eigenvalue weighted by Gasteiger charge is -2.14. The number of carbonyl (C=O) groups excluding carboxylic acids is 1. The fourth-order valence-electron chi connectivity index (χ4n) is 2.10. The van der Waals surface area contributed by atoms with Crippen molar-refractivity contribution < 1.29 is 9.78 Å². The van der Waals surface area contributed by atoms with Gasteiger partial charge in [0, 0.05) is 12.1 Å². The van der Waals surface area contributed by atoms with Crippen LogP contribution in [0.4, 0.5) is 0 Å². The zero-order valence-electron chi connectivity index (χ0n) is 11.1. The highest BCUT2D eigenvalue weighted by Gasteiger charge is 2.18. The van der Waals surface area contributed by atoms with E-state index in [9.17, 15) is 4.79 Å². The topological polar surface area (TPSA) is 43.2 Å². The molecule has 2 aromatic rings. The van der Waals surface area contributed by atoms with Gasteiger partial charge in [0.05, 0.1) is 5.92 Å². The third-order valence-corrected chi connectivity index (χ3v) is 3.15. The molecule has 1 aromatic heterocycles. The van der Waals surface area contributed by atoms with Gasteiger partial charge in [-0.2, -0.15) is 0 Å². The number of pyridine rings is 1. The molecule has 0 bridgehead atoms. The maximum atomic E-state index is 12.2. The Balaban J connectivity index is 1.98. The number of hydrogen-bond acceptors (Lipinski definition) is 1. The molecule has 2 rings (SSSR count). The maximum Gasteiger partial charge on any atom is 0.228 e. The smallest absolute Gasteiger partial charge is 0.228 e. The van der Waals surface area contributed by atoms with Gasteiger partial charge < -0.3 is 5.32 Å². The second-order valence-corrected chi connectivity index (χ2v) is 4.48. The molecule has 0 saturated heterocycles. The van der Waals surface area contributed by atoms with Crippen molar-refractivity contribution in [2.45, 2.75) is 25.8 Å². The number of H-pyrrole nitrogens is 1. The van der Waals surface area contributed by atoms with Crippen molar-refractivity contribution >= 4 is 5.91 Å². The Morgan fingerprint density at radius 1 is 1.16 bits per heavy atom. The number of aromatic amines is 1. The predicted octanol–water partition coefficient (Wildman–Crippen LogP) is 2.31. The van der Waals surface area contributed by atoms with Gasteiger partial charge in [0.2, 0.25) is 5.91 Å². The summed E-state index contributed by atoms with van der Waals surface area (Å²) in [6.07, 6.45) is 2.66. The molecule has 3 heteroatoms. The van der Waals surface area contributed by atoms with E-state index in [1.807, 2.05) is 61.7 Å². The number of amides is 1. The van der Waals surface area contributed by atoms with Crippen LogP contribution in [-0.2, 0) is 11.3 Å². The van der Waals surface area contributed by atoms with Crippen LogP contribution in [0, 0.1) is 0 Å². The number of carbonyl (C=O) groups is 1. The summed E-state index contributed by atoms with van der Waals surface area (Å²) >= 11 is 0. The molecule has 1 heterocycles. The first kappa shape index (κ1) is 13.3. The summed E-state index contributed by atoms with van der Waals surface area (Å²) in [7, 11) is 0. The Bertz CT molecular complexity index is 511. The van der Waals surface area contributed by atoms with Crippen LogP contribution in [0.2, 0.25) is 0 Å². The average Bonchev–Trinajstić information content (AvgIpc) is 2.48. The summed E-state index contributed by atoms with van der Waals surface area (Å²) in [4.78, 5) is 15.3. The van der Waals surface area contributed by atoms with Crippen LogP contribution in [-0.4, -0.2) is 5.91 Å². The predicted molar refractivity (Wildman–Crippen MR) is 74.3 cm³/mol. The maximum absolute atomic E-state index is 12.2. The van der Waals surface area contributed by atoms with Crippen LogP contribution in [0.1, 0.15) is 30.5 Å². The molecule has 3 nitrogen and oxygen atoms in total. The van der Waals surface area contributed by atoms with Crippen molar-refractivity contribution in [3.05, 3.63) is 66.0 Å². The van der Waals surface area contributed by atoms with Crippen molar-refractivity contribution in [2.75, 3.05) is 0 Å². The molecule has 0 aliphatic rings. The number of hydrogen-bond donors (Lipinski definition) is 1. The summed E-state index contributed by atoms with van der Waals surface area (Å²) in [6.45, 7) is 2.56. The summed E-state index contributed by atoms with van der Waals surface area (Å²) in [5.74, 6) is -0.00383. The summed E-state index contributed by atoms with van der Waals surface area (Å²) in [5, 5.41) is 2.98. The second-order valence-electron chi connectivity index (χ2n) is 4.48. The van der Waals surface area contributed by atoms with Gasteiger partial charge in [0.1, 0.15) is 6.54 Å². The van der Waals surface area contributed by atoms with Gasteiger partial charge in [-0.1, -0.05) is 43.3 Å². The van der Waals surface area contributed by atoms with Gasteiger partial charge in [-0.3, -0.25) is 4.79 Å². The van der Waals surface area contributed by atoms with E-state index in [0.717, 1.165) is 17.7 Å². The van der Waals surface area contributed by atoms with Gasteiger partial charge >= 0.3 is 0 Å². The third kappa shape index (κ3) is 3.65. The highest BCUT2D eigenvalue weighted by atomic mass is 16.1. The normalized spacial score (nSPS) is 11.8. The number of nitrogens with one attached hydrogen (secondary N) is 2. The van der Waals surface area contributed by atoms with E-state index in [4.69, 9.17) is 0 Å². The van der Waals surface area contributed by atoms with Crippen molar-refractivity contribution in [1.82, 2.24) is 5.32 Å². The van der Waals surface area contributed by atoms with Crippen LogP contribution in [0.25, 0.3) is 0 Å². The number of benzene rings is 1. The first-order valence-corrected chi connectivity index (χ1v) is 6.59. The molecule has 0 aliphatic carbocycles. The highest BCUT2D eigenvalue weighted by molar-refractivity contribution is 5.83. The summed E-state index contributed by atoms with van der Waals surface area (Å²) < 4.78 is 0. The molecule has 2 N–H and O–H groups in total. The Morgan fingerprint density at radius 2 is 1.89 bits per heavy atom. The van der Waals surface area contributed by atoms with E-state index in [-0.39, 0.29) is 11.8 Å². The molecule has 0 spiro atoms. The van der Waals surface area contributed by atoms with Crippen LogP contribution >= 0.6 is 0 Å². The van der Waals surface area contributed by atoms with Crippen LogP contribution in [0.3, 0.4) is 0 Å². The van der Waals surface area contributed by atoms with E-state index >= 15 is 0 Å². The van der Waals surface area contributed by atoms with E-state index in [1.165, 1.54) is 0 Å². The van der Waals surface area contributed by atoms with Crippen LogP contribution < -0.4 is 10.3 Å². The highest BCUT2D eigenvalue weighted by Crippen LogP contribution is 2.19. The third-order valence-electron chi connectivity index (χ3n) is 3.15. The minimum Gasteiger partial charge on any atom is -0.345 e. The Kier molecular flexibility index (Phi) is 4.67. The van der Waals surface area contributed by atoms with E-state index < -0.39 is 0 Å². The first-order valence-electron chi connectivity index (χ1n) is 6.59. The second kappa shape index (κ2) is 6.69. The van der Waals surface area contributed by atoms with E-state index in [1.54, 1.807) is 0 Å². The molecular weight excluding hydrogens is 236 g/mol. The molecule has 98 valence electrons. The average molecular weight is 255 g/mol. The monoisotopic (exact) mass is 255 g/mol. The molecular formula is C16H19N2O+. The molecule has 1 unspecified atom stereocenters. The molecule has 0 aliphatic heterocycles. The van der Waals surface area contributed by atoms with E-state index in [2.05, 4.69) is 10.3 Å². The fraction of sp³-hybridized carbons (Fsp3) is 0.250. The zero-order chi connectivity index (χ0) is 13.5. The molecule has 0 fully saturated rings. The molecule has 1 atom stereocenters.